The van der Waals surface area contributed by atoms with Crippen molar-refractivity contribution in [3.63, 3.8) is 0 Å². The second-order valence-corrected chi connectivity index (χ2v) is 4.42. The molecule has 74 valence electrons. The van der Waals surface area contributed by atoms with Crippen molar-refractivity contribution in [3.05, 3.63) is 12.2 Å². The molecular weight excluding hydrogens is 158 g/mol. The maximum Gasteiger partial charge on any atom is 0.0169 e. The van der Waals surface area contributed by atoms with Gasteiger partial charge in [0.15, 0.2) is 0 Å². The first kappa shape index (κ1) is 9.26. The molecular formula is C12H21N. The van der Waals surface area contributed by atoms with Gasteiger partial charge in [-0.2, -0.15) is 0 Å². The molecule has 1 saturated carbocycles. The molecule has 1 fully saturated rings. The van der Waals surface area contributed by atoms with Crippen molar-refractivity contribution < 1.29 is 0 Å². The Morgan fingerprint density at radius 2 is 1.31 bits per heavy atom. The minimum absolute atomic E-state index is 0.898. The fourth-order valence-electron chi connectivity index (χ4n) is 2.59. The van der Waals surface area contributed by atoms with Gasteiger partial charge in [-0.1, -0.05) is 44.3 Å². The Balaban J connectivity index is 1.81. The van der Waals surface area contributed by atoms with E-state index >= 15 is 0 Å². The van der Waals surface area contributed by atoms with Gasteiger partial charge in [0.1, 0.15) is 0 Å². The van der Waals surface area contributed by atoms with E-state index < -0.39 is 0 Å². The molecule has 1 aliphatic heterocycles. The molecule has 2 aliphatic rings. The van der Waals surface area contributed by atoms with Gasteiger partial charge in [0, 0.05) is 19.1 Å². The molecule has 0 unspecified atom stereocenters. The topological polar surface area (TPSA) is 3.24 Å². The van der Waals surface area contributed by atoms with Gasteiger partial charge in [-0.25, -0.2) is 0 Å². The van der Waals surface area contributed by atoms with E-state index in [0.717, 1.165) is 6.04 Å². The van der Waals surface area contributed by atoms with Crippen LogP contribution in [0, 0.1) is 0 Å². The molecule has 0 aromatic heterocycles. The first-order valence-corrected chi connectivity index (χ1v) is 5.86. The first-order valence-electron chi connectivity index (χ1n) is 5.86. The summed E-state index contributed by atoms with van der Waals surface area (Å²) in [5.41, 5.74) is 0. The van der Waals surface area contributed by atoms with Crippen molar-refractivity contribution in [1.29, 1.82) is 0 Å². The maximum absolute atomic E-state index is 2.64. The highest BCUT2D eigenvalue weighted by Gasteiger charge is 2.19. The van der Waals surface area contributed by atoms with Gasteiger partial charge in [-0.3, -0.25) is 4.90 Å². The van der Waals surface area contributed by atoms with Gasteiger partial charge in [0.05, 0.1) is 0 Å². The van der Waals surface area contributed by atoms with Gasteiger partial charge in [0.2, 0.25) is 0 Å². The van der Waals surface area contributed by atoms with Crippen molar-refractivity contribution in [2.24, 2.45) is 0 Å². The molecule has 0 N–H and O–H groups in total. The van der Waals surface area contributed by atoms with Crippen LogP contribution in [0.15, 0.2) is 12.2 Å². The number of nitrogens with zero attached hydrogens (tertiary/aromatic N) is 1. The third kappa shape index (κ3) is 2.57. The summed E-state index contributed by atoms with van der Waals surface area (Å²) in [5.74, 6) is 0. The monoisotopic (exact) mass is 179 g/mol. The van der Waals surface area contributed by atoms with E-state index in [1.54, 1.807) is 0 Å². The molecule has 0 spiro atoms. The SMILES string of the molecule is C1=CCN(C2CCCCCCC2)C1. The molecule has 0 saturated heterocycles. The molecule has 2 rings (SSSR count). The summed E-state index contributed by atoms with van der Waals surface area (Å²) < 4.78 is 0. The molecule has 0 aromatic carbocycles. The van der Waals surface area contributed by atoms with Crippen LogP contribution in [-0.2, 0) is 0 Å². The van der Waals surface area contributed by atoms with Crippen molar-refractivity contribution in [3.8, 4) is 0 Å². The fraction of sp³-hybridized carbons (Fsp3) is 0.833. The zero-order valence-electron chi connectivity index (χ0n) is 8.54. The minimum atomic E-state index is 0.898. The van der Waals surface area contributed by atoms with Crippen molar-refractivity contribution >= 4 is 0 Å². The molecule has 0 amide bonds. The van der Waals surface area contributed by atoms with Crippen LogP contribution in [0.4, 0.5) is 0 Å². The zero-order chi connectivity index (χ0) is 8.93. The Labute approximate surface area is 81.8 Å². The van der Waals surface area contributed by atoms with E-state index in [1.165, 1.54) is 58.0 Å². The van der Waals surface area contributed by atoms with Gasteiger partial charge in [-0.15, -0.1) is 0 Å². The van der Waals surface area contributed by atoms with E-state index in [2.05, 4.69) is 17.1 Å². The van der Waals surface area contributed by atoms with E-state index in [-0.39, 0.29) is 0 Å². The fourth-order valence-corrected chi connectivity index (χ4v) is 2.59. The summed E-state index contributed by atoms with van der Waals surface area (Å²) >= 11 is 0. The van der Waals surface area contributed by atoms with E-state index in [9.17, 15) is 0 Å². The van der Waals surface area contributed by atoms with Crippen LogP contribution in [0.3, 0.4) is 0 Å². The van der Waals surface area contributed by atoms with Gasteiger partial charge < -0.3 is 0 Å². The Morgan fingerprint density at radius 1 is 0.769 bits per heavy atom. The lowest BCUT2D eigenvalue weighted by atomic mass is 9.96. The van der Waals surface area contributed by atoms with Crippen molar-refractivity contribution in [2.75, 3.05) is 13.1 Å². The molecule has 0 atom stereocenters. The molecule has 1 nitrogen and oxygen atoms in total. The summed E-state index contributed by atoms with van der Waals surface area (Å²) in [4.78, 5) is 2.64. The van der Waals surface area contributed by atoms with Gasteiger partial charge in [0.25, 0.3) is 0 Å². The molecule has 0 bridgehead atoms. The summed E-state index contributed by atoms with van der Waals surface area (Å²) in [5, 5.41) is 0. The minimum Gasteiger partial charge on any atom is -0.293 e. The summed E-state index contributed by atoms with van der Waals surface area (Å²) in [6.45, 7) is 2.43. The first-order chi connectivity index (χ1) is 6.47. The quantitative estimate of drug-likeness (QED) is 0.559. The molecule has 1 heterocycles. The van der Waals surface area contributed by atoms with Crippen LogP contribution in [0.1, 0.15) is 44.9 Å². The van der Waals surface area contributed by atoms with Crippen molar-refractivity contribution in [2.45, 2.75) is 51.0 Å². The van der Waals surface area contributed by atoms with E-state index in [4.69, 9.17) is 0 Å². The lowest BCUT2D eigenvalue weighted by Gasteiger charge is -2.29. The summed E-state index contributed by atoms with van der Waals surface area (Å²) in [6, 6.07) is 0.898. The normalized spacial score (nSPS) is 27.4. The van der Waals surface area contributed by atoms with Crippen LogP contribution < -0.4 is 0 Å². The predicted molar refractivity (Wildman–Crippen MR) is 56.8 cm³/mol. The maximum atomic E-state index is 2.64. The highest BCUT2D eigenvalue weighted by molar-refractivity contribution is 4.97. The number of rotatable bonds is 1. The standard InChI is InChI=1S/C12H21N/c1-2-4-8-12(9-5-3-1)13-10-6-7-11-13/h6-7,12H,1-5,8-11H2. The molecule has 0 radical (unpaired) electrons. The molecule has 1 heteroatoms. The second kappa shape index (κ2) is 4.80. The van der Waals surface area contributed by atoms with Crippen LogP contribution in [0.2, 0.25) is 0 Å². The highest BCUT2D eigenvalue weighted by atomic mass is 15.2. The second-order valence-electron chi connectivity index (χ2n) is 4.42. The summed E-state index contributed by atoms with van der Waals surface area (Å²) in [7, 11) is 0. The predicted octanol–water partition coefficient (Wildman–Crippen LogP) is 2.97. The van der Waals surface area contributed by atoms with Crippen LogP contribution in [-0.4, -0.2) is 24.0 Å². The zero-order valence-corrected chi connectivity index (χ0v) is 8.54. The third-order valence-electron chi connectivity index (χ3n) is 3.44. The highest BCUT2D eigenvalue weighted by Crippen LogP contribution is 2.22. The Morgan fingerprint density at radius 3 is 1.92 bits per heavy atom. The van der Waals surface area contributed by atoms with Gasteiger partial charge >= 0.3 is 0 Å². The lowest BCUT2D eigenvalue weighted by molar-refractivity contribution is 0.211. The average molecular weight is 179 g/mol. The number of hydrogen-bond donors (Lipinski definition) is 0. The smallest absolute Gasteiger partial charge is 0.0169 e. The largest absolute Gasteiger partial charge is 0.293 e. The Kier molecular flexibility index (Phi) is 3.42. The van der Waals surface area contributed by atoms with Gasteiger partial charge in [-0.05, 0) is 12.8 Å². The van der Waals surface area contributed by atoms with Crippen LogP contribution in [0.25, 0.3) is 0 Å². The third-order valence-corrected chi connectivity index (χ3v) is 3.44. The Bertz CT molecular complexity index is 158. The molecule has 1 aliphatic carbocycles. The van der Waals surface area contributed by atoms with Crippen LogP contribution >= 0.6 is 0 Å². The lowest BCUT2D eigenvalue weighted by Crippen LogP contribution is -2.33. The average Bonchev–Trinajstić information content (AvgIpc) is 2.55. The Hall–Kier alpha value is -0.300. The molecule has 13 heavy (non-hydrogen) atoms. The van der Waals surface area contributed by atoms with E-state index in [1.807, 2.05) is 0 Å². The number of hydrogen-bond acceptors (Lipinski definition) is 1. The van der Waals surface area contributed by atoms with Crippen LogP contribution in [0.5, 0.6) is 0 Å². The molecule has 0 aromatic rings. The van der Waals surface area contributed by atoms with Crippen molar-refractivity contribution in [1.82, 2.24) is 4.90 Å². The summed E-state index contributed by atoms with van der Waals surface area (Å²) in [6.07, 6.45) is 14.9. The van der Waals surface area contributed by atoms with E-state index in [0.29, 0.717) is 0 Å².